The highest BCUT2D eigenvalue weighted by atomic mass is 15.5. The molecule has 1 aliphatic heterocycles. The van der Waals surface area contributed by atoms with E-state index in [0.29, 0.717) is 0 Å². The molecule has 0 aromatic heterocycles. The van der Waals surface area contributed by atoms with Gasteiger partial charge in [-0.2, -0.15) is 5.10 Å². The Bertz CT molecular complexity index is 570. The molecular formula is C16H16N2. The first kappa shape index (κ1) is 11.0. The zero-order valence-corrected chi connectivity index (χ0v) is 10.5. The molecule has 0 unspecified atom stereocenters. The van der Waals surface area contributed by atoms with E-state index in [-0.39, 0.29) is 0 Å². The van der Waals surface area contributed by atoms with Gasteiger partial charge in [-0.1, -0.05) is 43.3 Å². The summed E-state index contributed by atoms with van der Waals surface area (Å²) in [6.45, 7) is 3.02. The maximum atomic E-state index is 4.50. The molecule has 0 bridgehead atoms. The van der Waals surface area contributed by atoms with Gasteiger partial charge in [-0.3, -0.25) is 5.01 Å². The lowest BCUT2D eigenvalue weighted by molar-refractivity contribution is 0.842. The van der Waals surface area contributed by atoms with E-state index in [0.717, 1.165) is 18.7 Å². The zero-order valence-electron chi connectivity index (χ0n) is 10.5. The first-order valence-corrected chi connectivity index (χ1v) is 6.35. The Labute approximate surface area is 108 Å². The third kappa shape index (κ3) is 2.02. The molecule has 3 rings (SSSR count). The number of hydrazone groups is 1. The fourth-order valence-corrected chi connectivity index (χ4v) is 2.20. The van der Waals surface area contributed by atoms with Crippen molar-refractivity contribution in [1.82, 2.24) is 0 Å². The average Bonchev–Trinajstić information content (AvgIpc) is 2.47. The summed E-state index contributed by atoms with van der Waals surface area (Å²) in [6, 6.07) is 17.0. The van der Waals surface area contributed by atoms with Crippen molar-refractivity contribution >= 4 is 11.9 Å². The van der Waals surface area contributed by atoms with Crippen molar-refractivity contribution in [2.24, 2.45) is 5.10 Å². The van der Waals surface area contributed by atoms with Gasteiger partial charge in [0.1, 0.15) is 0 Å². The fourth-order valence-electron chi connectivity index (χ4n) is 2.20. The second-order valence-corrected chi connectivity index (χ2v) is 4.52. The van der Waals surface area contributed by atoms with Crippen LogP contribution >= 0.6 is 0 Å². The molecule has 0 radical (unpaired) electrons. The predicted molar refractivity (Wildman–Crippen MR) is 76.0 cm³/mol. The maximum absolute atomic E-state index is 4.50. The van der Waals surface area contributed by atoms with Crippen LogP contribution in [0, 0.1) is 0 Å². The van der Waals surface area contributed by atoms with E-state index < -0.39 is 0 Å². The van der Waals surface area contributed by atoms with E-state index in [9.17, 15) is 0 Å². The number of benzene rings is 2. The second kappa shape index (κ2) is 4.65. The van der Waals surface area contributed by atoms with Crippen molar-refractivity contribution in [3.8, 4) is 0 Å². The summed E-state index contributed by atoms with van der Waals surface area (Å²) in [5.41, 5.74) is 5.06. The molecule has 2 heteroatoms. The van der Waals surface area contributed by atoms with Crippen molar-refractivity contribution in [2.45, 2.75) is 19.9 Å². The lowest BCUT2D eigenvalue weighted by atomic mass is 10.1. The molecule has 2 aromatic rings. The number of hydrogen-bond donors (Lipinski definition) is 0. The van der Waals surface area contributed by atoms with Gasteiger partial charge in [0, 0.05) is 0 Å². The van der Waals surface area contributed by atoms with Gasteiger partial charge in [-0.25, -0.2) is 0 Å². The van der Waals surface area contributed by atoms with Crippen LogP contribution in [0.3, 0.4) is 0 Å². The minimum absolute atomic E-state index is 0.845. The molecule has 0 atom stereocenters. The minimum atomic E-state index is 0.845. The molecule has 0 amide bonds. The van der Waals surface area contributed by atoms with Gasteiger partial charge in [0.25, 0.3) is 0 Å². The van der Waals surface area contributed by atoms with Crippen molar-refractivity contribution in [1.29, 1.82) is 0 Å². The van der Waals surface area contributed by atoms with E-state index in [2.05, 4.69) is 60.6 Å². The van der Waals surface area contributed by atoms with E-state index in [1.54, 1.807) is 0 Å². The molecule has 1 heterocycles. The number of aryl methyl sites for hydroxylation is 1. The highest BCUT2D eigenvalue weighted by Crippen LogP contribution is 2.22. The van der Waals surface area contributed by atoms with Gasteiger partial charge >= 0.3 is 0 Å². The quantitative estimate of drug-likeness (QED) is 0.777. The molecule has 0 aliphatic carbocycles. The van der Waals surface area contributed by atoms with Crippen LogP contribution in [-0.4, -0.2) is 6.21 Å². The van der Waals surface area contributed by atoms with Crippen LogP contribution in [-0.2, 0) is 13.0 Å². The van der Waals surface area contributed by atoms with Gasteiger partial charge in [-0.15, -0.1) is 0 Å². The number of nitrogens with zero attached hydrogens (tertiary/aromatic N) is 2. The standard InChI is InChI=1S/C16H16N2/c1-2-13-7-9-16(10-8-13)18-12-15-6-4-3-5-14(15)11-17-18/h3-11H,2,12H2,1H3. The highest BCUT2D eigenvalue weighted by Gasteiger charge is 2.12. The largest absolute Gasteiger partial charge is 0.261 e. The van der Waals surface area contributed by atoms with Crippen molar-refractivity contribution in [3.63, 3.8) is 0 Å². The van der Waals surface area contributed by atoms with Crippen LogP contribution in [0.2, 0.25) is 0 Å². The number of anilines is 1. The van der Waals surface area contributed by atoms with Gasteiger partial charge in [-0.05, 0) is 35.2 Å². The summed E-state index contributed by atoms with van der Waals surface area (Å²) in [5.74, 6) is 0. The van der Waals surface area contributed by atoms with Gasteiger partial charge < -0.3 is 0 Å². The molecular weight excluding hydrogens is 220 g/mol. The summed E-state index contributed by atoms with van der Waals surface area (Å²) in [5, 5.41) is 6.55. The minimum Gasteiger partial charge on any atom is -0.261 e. The third-order valence-corrected chi connectivity index (χ3v) is 3.35. The van der Waals surface area contributed by atoms with Crippen LogP contribution in [0.4, 0.5) is 5.69 Å². The molecule has 2 aromatic carbocycles. The Balaban J connectivity index is 1.87. The van der Waals surface area contributed by atoms with Crippen LogP contribution in [0.1, 0.15) is 23.6 Å². The molecule has 1 aliphatic rings. The Kier molecular flexibility index (Phi) is 2.85. The zero-order chi connectivity index (χ0) is 12.4. The molecule has 0 fully saturated rings. The molecule has 0 spiro atoms. The lowest BCUT2D eigenvalue weighted by Gasteiger charge is -2.24. The summed E-state index contributed by atoms with van der Waals surface area (Å²) in [4.78, 5) is 0. The Morgan fingerprint density at radius 2 is 1.83 bits per heavy atom. The fraction of sp³-hybridized carbons (Fsp3) is 0.188. The maximum Gasteiger partial charge on any atom is 0.0672 e. The molecule has 0 saturated heterocycles. The molecule has 0 N–H and O–H groups in total. The van der Waals surface area contributed by atoms with Crippen molar-refractivity contribution in [3.05, 3.63) is 65.2 Å². The highest BCUT2D eigenvalue weighted by molar-refractivity contribution is 5.84. The monoisotopic (exact) mass is 236 g/mol. The van der Waals surface area contributed by atoms with Gasteiger partial charge in [0.2, 0.25) is 0 Å². The first-order chi connectivity index (χ1) is 8.86. The van der Waals surface area contributed by atoms with E-state index in [1.165, 1.54) is 16.7 Å². The third-order valence-electron chi connectivity index (χ3n) is 3.35. The number of hydrogen-bond acceptors (Lipinski definition) is 2. The molecule has 0 saturated carbocycles. The Morgan fingerprint density at radius 1 is 1.06 bits per heavy atom. The van der Waals surface area contributed by atoms with Crippen molar-refractivity contribution in [2.75, 3.05) is 5.01 Å². The van der Waals surface area contributed by atoms with Gasteiger partial charge in [0.05, 0.1) is 18.4 Å². The Hall–Kier alpha value is -2.09. The van der Waals surface area contributed by atoms with E-state index in [4.69, 9.17) is 0 Å². The first-order valence-electron chi connectivity index (χ1n) is 6.35. The Morgan fingerprint density at radius 3 is 2.61 bits per heavy atom. The van der Waals surface area contributed by atoms with E-state index >= 15 is 0 Å². The average molecular weight is 236 g/mol. The molecule has 2 nitrogen and oxygen atoms in total. The van der Waals surface area contributed by atoms with Gasteiger partial charge in [0.15, 0.2) is 0 Å². The number of rotatable bonds is 2. The normalized spacial score (nSPS) is 13.5. The van der Waals surface area contributed by atoms with Crippen LogP contribution < -0.4 is 5.01 Å². The SMILES string of the molecule is CCc1ccc(N2Cc3ccccc3C=N2)cc1. The van der Waals surface area contributed by atoms with E-state index in [1.807, 2.05) is 11.2 Å². The second-order valence-electron chi connectivity index (χ2n) is 4.52. The summed E-state index contributed by atoms with van der Waals surface area (Å²) in [6.07, 6.45) is 3.01. The summed E-state index contributed by atoms with van der Waals surface area (Å²) < 4.78 is 0. The van der Waals surface area contributed by atoms with Crippen molar-refractivity contribution < 1.29 is 0 Å². The summed E-state index contributed by atoms with van der Waals surface area (Å²) in [7, 11) is 0. The summed E-state index contributed by atoms with van der Waals surface area (Å²) >= 11 is 0. The van der Waals surface area contributed by atoms with Crippen LogP contribution in [0.25, 0.3) is 0 Å². The number of fused-ring (bicyclic) bond motifs is 1. The van der Waals surface area contributed by atoms with Crippen LogP contribution in [0.15, 0.2) is 53.6 Å². The topological polar surface area (TPSA) is 15.6 Å². The molecule has 18 heavy (non-hydrogen) atoms. The predicted octanol–water partition coefficient (Wildman–Crippen LogP) is 3.60. The van der Waals surface area contributed by atoms with Crippen LogP contribution in [0.5, 0.6) is 0 Å². The lowest BCUT2D eigenvalue weighted by Crippen LogP contribution is -2.20. The molecule has 90 valence electrons. The smallest absolute Gasteiger partial charge is 0.0672 e.